The molecule has 3 aromatic rings. The smallest absolute Gasteiger partial charge is 0.454 e. The highest BCUT2D eigenvalue weighted by Crippen LogP contribution is 2.34. The Bertz CT molecular complexity index is 1230. The zero-order chi connectivity index (χ0) is 20.8. The number of hydrogen-bond donors (Lipinski definition) is 0. The van der Waals surface area contributed by atoms with E-state index in [1.807, 2.05) is 13.0 Å². The lowest BCUT2D eigenvalue weighted by atomic mass is 10.2. The number of halogens is 3. The van der Waals surface area contributed by atoms with E-state index in [2.05, 4.69) is 4.98 Å². The molecule has 29 heavy (non-hydrogen) atoms. The zero-order valence-electron chi connectivity index (χ0n) is 15.1. The van der Waals surface area contributed by atoms with Crippen LogP contribution in [0.2, 0.25) is 0 Å². The molecule has 1 aliphatic rings. The van der Waals surface area contributed by atoms with E-state index in [4.69, 9.17) is 9.47 Å². The van der Waals surface area contributed by atoms with E-state index in [1.54, 1.807) is 28.9 Å². The third kappa shape index (κ3) is 3.33. The van der Waals surface area contributed by atoms with Crippen LogP contribution in [0.15, 0.2) is 41.3 Å². The van der Waals surface area contributed by atoms with Crippen molar-refractivity contribution in [1.29, 1.82) is 0 Å². The molecule has 0 fully saturated rings. The third-order valence-corrected chi connectivity index (χ3v) is 5.99. The van der Waals surface area contributed by atoms with Crippen molar-refractivity contribution in [1.82, 2.24) is 9.55 Å². The molecule has 2 aromatic carbocycles. The zero-order valence-corrected chi connectivity index (χ0v) is 15.9. The molecule has 0 bridgehead atoms. The van der Waals surface area contributed by atoms with Crippen LogP contribution in [0.5, 0.6) is 11.5 Å². The van der Waals surface area contributed by atoms with E-state index in [1.165, 1.54) is 6.07 Å². The van der Waals surface area contributed by atoms with Crippen molar-refractivity contribution in [3.05, 3.63) is 47.8 Å². The lowest BCUT2D eigenvalue weighted by molar-refractivity contribution is -0.0435. The largest absolute Gasteiger partial charge is 0.501 e. The second kappa shape index (κ2) is 6.80. The highest BCUT2D eigenvalue weighted by Gasteiger charge is 2.47. The summed E-state index contributed by atoms with van der Waals surface area (Å²) in [5.41, 5.74) is -3.83. The van der Waals surface area contributed by atoms with Gasteiger partial charge in [0.15, 0.2) is 11.5 Å². The highest BCUT2D eigenvalue weighted by molar-refractivity contribution is 7.92. The molecule has 10 heteroatoms. The molecule has 0 unspecified atom stereocenters. The fourth-order valence-electron chi connectivity index (χ4n) is 3.08. The molecule has 1 aromatic heterocycles. The maximum Gasteiger partial charge on any atom is 0.501 e. The lowest BCUT2D eigenvalue weighted by Gasteiger charge is -2.08. The summed E-state index contributed by atoms with van der Waals surface area (Å²) < 4.78 is 74.2. The van der Waals surface area contributed by atoms with Crippen molar-refractivity contribution in [3.63, 3.8) is 0 Å². The van der Waals surface area contributed by atoms with Crippen molar-refractivity contribution >= 4 is 33.0 Å². The average Bonchev–Trinajstić information content (AvgIpc) is 3.27. The first-order valence-corrected chi connectivity index (χ1v) is 10.1. The van der Waals surface area contributed by atoms with Crippen molar-refractivity contribution in [2.75, 3.05) is 6.79 Å². The molecule has 152 valence electrons. The summed E-state index contributed by atoms with van der Waals surface area (Å²) >= 11 is 0. The number of aromatic nitrogens is 2. The molecule has 0 atom stereocenters. The van der Waals surface area contributed by atoms with Gasteiger partial charge in [-0.25, -0.2) is 13.4 Å². The molecule has 1 aliphatic heterocycles. The minimum Gasteiger partial charge on any atom is -0.454 e. The summed E-state index contributed by atoms with van der Waals surface area (Å²) in [6.07, 6.45) is 3.49. The number of aryl methyl sites for hydroxylation is 1. The Morgan fingerprint density at radius 1 is 1.10 bits per heavy atom. The standard InChI is InChI=1S/C19H15F3N2O4S/c1-2-24-15-6-5-13(29(25,26)19(20,21)22)10-14(15)23-18(24)8-4-12-3-7-16-17(9-12)28-11-27-16/h3-10H,2,11H2,1H3. The number of fused-ring (bicyclic) bond motifs is 2. The Kier molecular flexibility index (Phi) is 4.53. The number of sulfone groups is 1. The molecule has 0 N–H and O–H groups in total. The number of alkyl halides is 3. The summed E-state index contributed by atoms with van der Waals surface area (Å²) in [7, 11) is -5.43. The van der Waals surface area contributed by atoms with Crippen LogP contribution in [0.1, 0.15) is 18.3 Å². The summed E-state index contributed by atoms with van der Waals surface area (Å²) in [5, 5.41) is 0. The van der Waals surface area contributed by atoms with E-state index < -0.39 is 20.2 Å². The predicted octanol–water partition coefficient (Wildman–Crippen LogP) is 4.25. The number of benzene rings is 2. The van der Waals surface area contributed by atoms with Gasteiger partial charge in [-0.3, -0.25) is 0 Å². The van der Waals surface area contributed by atoms with Crippen LogP contribution < -0.4 is 9.47 Å². The number of rotatable bonds is 4. The van der Waals surface area contributed by atoms with Crippen LogP contribution in [0, 0.1) is 0 Å². The van der Waals surface area contributed by atoms with Crippen molar-refractivity contribution in [2.45, 2.75) is 23.9 Å². The monoisotopic (exact) mass is 424 g/mol. The molecular formula is C19H15F3N2O4S. The van der Waals surface area contributed by atoms with E-state index in [0.717, 1.165) is 17.7 Å². The first-order chi connectivity index (χ1) is 13.7. The molecule has 6 nitrogen and oxygen atoms in total. The van der Waals surface area contributed by atoms with Gasteiger partial charge in [-0.15, -0.1) is 0 Å². The minimum atomic E-state index is -5.43. The van der Waals surface area contributed by atoms with Crippen LogP contribution in [0.3, 0.4) is 0 Å². The van der Waals surface area contributed by atoms with E-state index in [9.17, 15) is 21.6 Å². The van der Waals surface area contributed by atoms with Crippen LogP contribution in [-0.2, 0) is 16.4 Å². The maximum atomic E-state index is 12.8. The van der Waals surface area contributed by atoms with Gasteiger partial charge in [0.25, 0.3) is 9.84 Å². The van der Waals surface area contributed by atoms with Gasteiger partial charge in [-0.05, 0) is 48.9 Å². The molecule has 4 rings (SSSR count). The molecule has 0 spiro atoms. The molecular weight excluding hydrogens is 409 g/mol. The Labute approximate surface area is 164 Å². The van der Waals surface area contributed by atoms with Gasteiger partial charge < -0.3 is 14.0 Å². The van der Waals surface area contributed by atoms with E-state index in [-0.39, 0.29) is 12.3 Å². The third-order valence-electron chi connectivity index (χ3n) is 4.50. The van der Waals surface area contributed by atoms with Gasteiger partial charge in [0.05, 0.1) is 15.9 Å². The number of imidazole rings is 1. The Morgan fingerprint density at radius 2 is 1.86 bits per heavy atom. The van der Waals surface area contributed by atoms with Gasteiger partial charge in [0.2, 0.25) is 6.79 Å². The number of nitrogens with zero attached hydrogens (tertiary/aromatic N) is 2. The molecule has 0 saturated heterocycles. The quantitative estimate of drug-likeness (QED) is 0.626. The van der Waals surface area contributed by atoms with Crippen LogP contribution >= 0.6 is 0 Å². The van der Waals surface area contributed by atoms with Crippen LogP contribution in [0.25, 0.3) is 23.2 Å². The Hall–Kier alpha value is -3.01. The summed E-state index contributed by atoms with van der Waals surface area (Å²) in [5.74, 6) is 1.77. The second-order valence-electron chi connectivity index (χ2n) is 6.26. The normalized spacial score (nSPS) is 14.2. The Morgan fingerprint density at radius 3 is 2.59 bits per heavy atom. The maximum absolute atomic E-state index is 12.8. The molecule has 0 aliphatic carbocycles. The Balaban J connectivity index is 1.73. The minimum absolute atomic E-state index is 0.164. The predicted molar refractivity (Wildman–Crippen MR) is 100 cm³/mol. The van der Waals surface area contributed by atoms with Gasteiger partial charge in [-0.2, -0.15) is 13.2 Å². The lowest BCUT2D eigenvalue weighted by Crippen LogP contribution is -2.23. The number of hydrogen-bond acceptors (Lipinski definition) is 5. The highest BCUT2D eigenvalue weighted by atomic mass is 32.2. The van der Waals surface area contributed by atoms with Crippen molar-refractivity contribution in [3.8, 4) is 11.5 Å². The average molecular weight is 424 g/mol. The summed E-state index contributed by atoms with van der Waals surface area (Å²) in [4.78, 5) is 3.49. The summed E-state index contributed by atoms with van der Waals surface area (Å²) in [6.45, 7) is 2.53. The van der Waals surface area contributed by atoms with E-state index >= 15 is 0 Å². The van der Waals surface area contributed by atoms with Crippen LogP contribution in [0.4, 0.5) is 13.2 Å². The first kappa shape index (κ1) is 19.3. The topological polar surface area (TPSA) is 70.4 Å². The fourth-order valence-corrected chi connectivity index (χ4v) is 3.86. The molecule has 0 radical (unpaired) electrons. The fraction of sp³-hybridized carbons (Fsp3) is 0.211. The van der Waals surface area contributed by atoms with Crippen molar-refractivity contribution < 1.29 is 31.1 Å². The molecule has 2 heterocycles. The molecule has 0 amide bonds. The van der Waals surface area contributed by atoms with Gasteiger partial charge >= 0.3 is 5.51 Å². The second-order valence-corrected chi connectivity index (χ2v) is 8.20. The van der Waals surface area contributed by atoms with Crippen LogP contribution in [-0.4, -0.2) is 30.3 Å². The summed E-state index contributed by atoms with van der Waals surface area (Å²) in [6, 6.07) is 8.64. The van der Waals surface area contributed by atoms with Crippen molar-refractivity contribution in [2.24, 2.45) is 0 Å². The first-order valence-electron chi connectivity index (χ1n) is 8.60. The van der Waals surface area contributed by atoms with E-state index in [0.29, 0.717) is 29.4 Å². The molecule has 0 saturated carbocycles. The van der Waals surface area contributed by atoms with Gasteiger partial charge in [0.1, 0.15) is 5.82 Å². The van der Waals surface area contributed by atoms with Gasteiger partial charge in [-0.1, -0.05) is 12.1 Å². The number of ether oxygens (including phenoxy) is 2. The SMILES string of the molecule is CCn1c(C=Cc2ccc3c(c2)OCO3)nc2cc(S(=O)(=O)C(F)(F)F)ccc21. The van der Waals surface area contributed by atoms with Gasteiger partial charge in [0, 0.05) is 6.54 Å².